The molecule has 0 aliphatic carbocycles. The van der Waals surface area contributed by atoms with Crippen molar-refractivity contribution >= 4 is 5.82 Å². The maximum atomic E-state index is 6.00. The first-order chi connectivity index (χ1) is 10.6. The van der Waals surface area contributed by atoms with Crippen LogP contribution >= 0.6 is 0 Å². The summed E-state index contributed by atoms with van der Waals surface area (Å²) in [5, 5.41) is 3.45. The molecule has 2 rings (SSSR count). The molecule has 0 bridgehead atoms. The van der Waals surface area contributed by atoms with E-state index in [9.17, 15) is 0 Å². The van der Waals surface area contributed by atoms with Crippen molar-refractivity contribution in [3.63, 3.8) is 0 Å². The van der Waals surface area contributed by atoms with E-state index in [-0.39, 0.29) is 0 Å². The summed E-state index contributed by atoms with van der Waals surface area (Å²) in [6.07, 6.45) is 2.23. The van der Waals surface area contributed by atoms with Crippen LogP contribution < -0.4 is 10.1 Å². The van der Waals surface area contributed by atoms with Gasteiger partial charge in [0.15, 0.2) is 11.6 Å². The highest BCUT2D eigenvalue weighted by molar-refractivity contribution is 5.53. The molecular formula is C18H25N3O. The van der Waals surface area contributed by atoms with Gasteiger partial charge in [-0.05, 0) is 32.8 Å². The topological polar surface area (TPSA) is 47.0 Å². The third kappa shape index (κ3) is 4.45. The van der Waals surface area contributed by atoms with Gasteiger partial charge >= 0.3 is 0 Å². The van der Waals surface area contributed by atoms with Crippen molar-refractivity contribution in [2.45, 2.75) is 53.2 Å². The molecule has 118 valence electrons. The molecule has 0 aliphatic rings. The largest absolute Gasteiger partial charge is 0.483 e. The minimum atomic E-state index is 0.359. The van der Waals surface area contributed by atoms with E-state index in [0.29, 0.717) is 12.6 Å². The number of hydrogen-bond acceptors (Lipinski definition) is 4. The normalized spacial score (nSPS) is 12.0. The van der Waals surface area contributed by atoms with Gasteiger partial charge in [-0.15, -0.1) is 0 Å². The molecule has 4 heteroatoms. The Morgan fingerprint density at radius 1 is 1.14 bits per heavy atom. The number of ether oxygens (including phenoxy) is 1. The Labute approximate surface area is 133 Å². The Kier molecular flexibility index (Phi) is 5.75. The van der Waals surface area contributed by atoms with Crippen LogP contribution in [0.5, 0.6) is 5.75 Å². The zero-order chi connectivity index (χ0) is 15.9. The number of benzene rings is 1. The van der Waals surface area contributed by atoms with Crippen LogP contribution in [0.1, 0.15) is 43.8 Å². The minimum absolute atomic E-state index is 0.359. The molecule has 0 fully saturated rings. The van der Waals surface area contributed by atoms with Crippen molar-refractivity contribution in [2.75, 3.05) is 5.32 Å². The summed E-state index contributed by atoms with van der Waals surface area (Å²) < 4.78 is 6.00. The third-order valence-electron chi connectivity index (χ3n) is 3.48. The van der Waals surface area contributed by atoms with Gasteiger partial charge in [-0.25, -0.2) is 9.97 Å². The lowest BCUT2D eigenvalue weighted by atomic mass is 10.2. The van der Waals surface area contributed by atoms with Crippen molar-refractivity contribution in [1.82, 2.24) is 9.97 Å². The van der Waals surface area contributed by atoms with Crippen LogP contribution in [0, 0.1) is 13.8 Å². The summed E-state index contributed by atoms with van der Waals surface area (Å²) in [6.45, 7) is 8.73. The molecular weight excluding hydrogens is 274 g/mol. The Hall–Kier alpha value is -2.10. The molecule has 1 atom stereocenters. The van der Waals surface area contributed by atoms with Crippen molar-refractivity contribution in [1.29, 1.82) is 0 Å². The van der Waals surface area contributed by atoms with Crippen LogP contribution in [-0.2, 0) is 6.61 Å². The summed E-state index contributed by atoms with van der Waals surface area (Å²) in [6, 6.07) is 10.5. The predicted octanol–water partition coefficient (Wildman–Crippen LogP) is 4.27. The molecule has 0 amide bonds. The molecule has 4 nitrogen and oxygen atoms in total. The Balaban J connectivity index is 2.17. The Bertz CT molecular complexity index is 599. The van der Waals surface area contributed by atoms with E-state index in [1.807, 2.05) is 32.0 Å². The average Bonchev–Trinajstić information content (AvgIpc) is 2.47. The number of hydrogen-bond donors (Lipinski definition) is 1. The van der Waals surface area contributed by atoms with Crippen molar-refractivity contribution < 1.29 is 4.74 Å². The van der Waals surface area contributed by atoms with Crippen LogP contribution in [0.2, 0.25) is 0 Å². The van der Waals surface area contributed by atoms with E-state index in [1.165, 1.54) is 0 Å². The second-order valence-corrected chi connectivity index (χ2v) is 5.64. The molecule has 1 aromatic heterocycles. The van der Waals surface area contributed by atoms with Gasteiger partial charge in [0, 0.05) is 6.04 Å². The van der Waals surface area contributed by atoms with Crippen LogP contribution in [-0.4, -0.2) is 16.0 Å². The lowest BCUT2D eigenvalue weighted by Gasteiger charge is -2.18. The van der Waals surface area contributed by atoms with Crippen molar-refractivity contribution in [3.05, 3.63) is 47.4 Å². The highest BCUT2D eigenvalue weighted by Crippen LogP contribution is 2.27. The third-order valence-corrected chi connectivity index (χ3v) is 3.48. The van der Waals surface area contributed by atoms with Crippen LogP contribution in [0.3, 0.4) is 0 Å². The second kappa shape index (κ2) is 7.78. The number of aryl methyl sites for hydroxylation is 2. The molecule has 1 aromatic carbocycles. The highest BCUT2D eigenvalue weighted by Gasteiger charge is 2.14. The monoisotopic (exact) mass is 299 g/mol. The van der Waals surface area contributed by atoms with Gasteiger partial charge in [-0.1, -0.05) is 43.7 Å². The maximum absolute atomic E-state index is 6.00. The smallest absolute Gasteiger partial charge is 0.183 e. The van der Waals surface area contributed by atoms with E-state index in [2.05, 4.69) is 41.3 Å². The highest BCUT2D eigenvalue weighted by atomic mass is 16.5. The fourth-order valence-electron chi connectivity index (χ4n) is 2.44. The first kappa shape index (κ1) is 16.3. The first-order valence-electron chi connectivity index (χ1n) is 7.88. The lowest BCUT2D eigenvalue weighted by Crippen LogP contribution is -2.17. The van der Waals surface area contributed by atoms with Gasteiger partial charge in [0.05, 0.1) is 5.69 Å². The second-order valence-electron chi connectivity index (χ2n) is 5.64. The molecule has 22 heavy (non-hydrogen) atoms. The molecule has 0 saturated heterocycles. The Morgan fingerprint density at radius 2 is 1.86 bits per heavy atom. The summed E-state index contributed by atoms with van der Waals surface area (Å²) in [5.41, 5.74) is 2.00. The van der Waals surface area contributed by atoms with E-state index in [0.717, 1.165) is 41.5 Å². The van der Waals surface area contributed by atoms with Gasteiger partial charge in [0.25, 0.3) is 0 Å². The van der Waals surface area contributed by atoms with E-state index in [1.54, 1.807) is 0 Å². The summed E-state index contributed by atoms with van der Waals surface area (Å²) in [7, 11) is 0. The quantitative estimate of drug-likeness (QED) is 0.829. The minimum Gasteiger partial charge on any atom is -0.483 e. The van der Waals surface area contributed by atoms with Gasteiger partial charge in [-0.3, -0.25) is 0 Å². The molecule has 0 saturated carbocycles. The molecule has 0 aliphatic heterocycles. The summed E-state index contributed by atoms with van der Waals surface area (Å²) in [4.78, 5) is 8.94. The van der Waals surface area contributed by atoms with Gasteiger partial charge in [0.1, 0.15) is 12.4 Å². The summed E-state index contributed by atoms with van der Waals surface area (Å²) in [5.74, 6) is 2.30. The zero-order valence-corrected chi connectivity index (χ0v) is 13.9. The van der Waals surface area contributed by atoms with Crippen LogP contribution in [0.25, 0.3) is 0 Å². The molecule has 0 spiro atoms. The standard InChI is InChI=1S/C18H25N3O/c1-5-9-13(2)19-18-17(14(3)20-15(4)21-18)22-12-16-10-7-6-8-11-16/h6-8,10-11,13H,5,9,12H2,1-4H3,(H,19,20,21). The number of anilines is 1. The lowest BCUT2D eigenvalue weighted by molar-refractivity contribution is 0.302. The van der Waals surface area contributed by atoms with Gasteiger partial charge in [-0.2, -0.15) is 0 Å². The SMILES string of the molecule is CCCC(C)Nc1nc(C)nc(C)c1OCc1ccccc1. The fourth-order valence-corrected chi connectivity index (χ4v) is 2.44. The number of nitrogens with one attached hydrogen (secondary N) is 1. The zero-order valence-electron chi connectivity index (χ0n) is 13.9. The van der Waals surface area contributed by atoms with Crippen LogP contribution in [0.15, 0.2) is 30.3 Å². The molecule has 0 radical (unpaired) electrons. The summed E-state index contributed by atoms with van der Waals surface area (Å²) >= 11 is 0. The van der Waals surface area contributed by atoms with E-state index in [4.69, 9.17) is 4.74 Å². The number of aromatic nitrogens is 2. The average molecular weight is 299 g/mol. The van der Waals surface area contributed by atoms with Crippen molar-refractivity contribution in [2.24, 2.45) is 0 Å². The molecule has 1 unspecified atom stereocenters. The van der Waals surface area contributed by atoms with Gasteiger partial charge < -0.3 is 10.1 Å². The van der Waals surface area contributed by atoms with Gasteiger partial charge in [0.2, 0.25) is 0 Å². The fraction of sp³-hybridized carbons (Fsp3) is 0.444. The number of rotatable bonds is 7. The predicted molar refractivity (Wildman–Crippen MR) is 90.3 cm³/mol. The molecule has 1 N–H and O–H groups in total. The maximum Gasteiger partial charge on any atom is 0.183 e. The molecule has 1 heterocycles. The molecule has 2 aromatic rings. The number of nitrogens with zero attached hydrogens (tertiary/aromatic N) is 2. The van der Waals surface area contributed by atoms with Crippen LogP contribution in [0.4, 0.5) is 5.82 Å². The Morgan fingerprint density at radius 3 is 2.55 bits per heavy atom. The van der Waals surface area contributed by atoms with Crippen molar-refractivity contribution in [3.8, 4) is 5.75 Å². The first-order valence-corrected chi connectivity index (χ1v) is 7.88. The van der Waals surface area contributed by atoms with E-state index >= 15 is 0 Å². The van der Waals surface area contributed by atoms with E-state index < -0.39 is 0 Å².